The van der Waals surface area contributed by atoms with Crippen molar-refractivity contribution in [3.05, 3.63) is 18.2 Å². The molecule has 0 saturated heterocycles. The molecule has 1 aromatic carbocycles. The van der Waals surface area contributed by atoms with Gasteiger partial charge in [0.1, 0.15) is 23.6 Å². The van der Waals surface area contributed by atoms with Gasteiger partial charge in [0, 0.05) is 0 Å². The number of fused-ring (bicyclic) bond motifs is 1. The van der Waals surface area contributed by atoms with Crippen molar-refractivity contribution in [2.24, 2.45) is 5.92 Å². The second kappa shape index (κ2) is 5.61. The molecule has 2 atom stereocenters. The molecule has 0 amide bonds. The Hall–Kier alpha value is -1.91. The van der Waals surface area contributed by atoms with E-state index in [2.05, 4.69) is 13.8 Å². The quantitative estimate of drug-likeness (QED) is 0.677. The van der Waals surface area contributed by atoms with Crippen LogP contribution in [0.4, 0.5) is 11.4 Å². The summed E-state index contributed by atoms with van der Waals surface area (Å²) < 4.78 is 10.8. The minimum Gasteiger partial charge on any atom is -0.486 e. The third kappa shape index (κ3) is 2.53. The van der Waals surface area contributed by atoms with E-state index in [0.717, 1.165) is 11.4 Å². The number of benzene rings is 1. The summed E-state index contributed by atoms with van der Waals surface area (Å²) in [5.74, 6) is 0.797. The molecule has 1 heterocycles. The lowest BCUT2D eigenvalue weighted by molar-refractivity contribution is -0.141. The minimum atomic E-state index is -0.395. The van der Waals surface area contributed by atoms with E-state index < -0.39 is 6.04 Å². The van der Waals surface area contributed by atoms with Crippen LogP contribution in [0.3, 0.4) is 0 Å². The van der Waals surface area contributed by atoms with Gasteiger partial charge in [0.25, 0.3) is 0 Å². The Morgan fingerprint density at radius 1 is 1.45 bits per heavy atom. The molecule has 1 aromatic rings. The maximum absolute atomic E-state index is 11.9. The number of rotatable bonds is 3. The molecule has 0 saturated carbocycles. The van der Waals surface area contributed by atoms with Crippen molar-refractivity contribution in [1.82, 2.24) is 0 Å². The predicted molar refractivity (Wildman–Crippen MR) is 78.9 cm³/mol. The number of nitrogens with zero attached hydrogens (tertiary/aromatic N) is 1. The maximum atomic E-state index is 11.9. The van der Waals surface area contributed by atoms with Gasteiger partial charge in [-0.1, -0.05) is 19.9 Å². The smallest absolute Gasteiger partial charge is 0.328 e. The van der Waals surface area contributed by atoms with Gasteiger partial charge in [0.15, 0.2) is 0 Å². The van der Waals surface area contributed by atoms with Crippen LogP contribution < -0.4 is 15.4 Å². The molecule has 1 aliphatic rings. The summed E-state index contributed by atoms with van der Waals surface area (Å²) in [6.45, 7) is 6.64. The highest BCUT2D eigenvalue weighted by atomic mass is 16.5. The van der Waals surface area contributed by atoms with Crippen LogP contribution in [0.15, 0.2) is 18.2 Å². The second-order valence-corrected chi connectivity index (χ2v) is 5.45. The number of esters is 1. The Bertz CT molecular complexity index is 502. The molecule has 110 valence electrons. The summed E-state index contributed by atoms with van der Waals surface area (Å²) in [6, 6.07) is 5.16. The largest absolute Gasteiger partial charge is 0.486 e. The number of carbonyl (C=O) groups is 1. The predicted octanol–water partition coefficient (Wildman–Crippen LogP) is 2.05. The zero-order valence-electron chi connectivity index (χ0n) is 12.4. The highest BCUT2D eigenvalue weighted by Crippen LogP contribution is 2.40. The van der Waals surface area contributed by atoms with E-state index in [9.17, 15) is 4.79 Å². The van der Waals surface area contributed by atoms with E-state index in [1.165, 1.54) is 7.11 Å². The van der Waals surface area contributed by atoms with Gasteiger partial charge in [0.2, 0.25) is 0 Å². The molecule has 2 rings (SSSR count). The molecule has 0 aromatic heterocycles. The van der Waals surface area contributed by atoms with E-state index >= 15 is 0 Å². The Morgan fingerprint density at radius 3 is 2.75 bits per heavy atom. The van der Waals surface area contributed by atoms with Crippen LogP contribution in [-0.4, -0.2) is 31.8 Å². The Morgan fingerprint density at radius 2 is 2.15 bits per heavy atom. The summed E-state index contributed by atoms with van der Waals surface area (Å²) in [5.41, 5.74) is 7.45. The topological polar surface area (TPSA) is 64.8 Å². The van der Waals surface area contributed by atoms with Crippen molar-refractivity contribution in [3.63, 3.8) is 0 Å². The van der Waals surface area contributed by atoms with Gasteiger partial charge in [-0.25, -0.2) is 4.79 Å². The number of hydrogen-bond donors (Lipinski definition) is 1. The fourth-order valence-electron chi connectivity index (χ4n) is 2.42. The van der Waals surface area contributed by atoms with E-state index in [-0.39, 0.29) is 12.1 Å². The number of nitrogen functional groups attached to an aromatic ring is 1. The number of anilines is 2. The van der Waals surface area contributed by atoms with Gasteiger partial charge in [-0.2, -0.15) is 0 Å². The van der Waals surface area contributed by atoms with Gasteiger partial charge in [0.05, 0.1) is 19.3 Å². The molecule has 2 unspecified atom stereocenters. The molecule has 2 N–H and O–H groups in total. The van der Waals surface area contributed by atoms with Crippen LogP contribution in [0.25, 0.3) is 0 Å². The summed E-state index contributed by atoms with van der Waals surface area (Å²) in [4.78, 5) is 13.8. The number of hydrogen-bond acceptors (Lipinski definition) is 5. The lowest BCUT2D eigenvalue weighted by Gasteiger charge is -2.40. The first-order chi connectivity index (χ1) is 9.45. The zero-order chi connectivity index (χ0) is 14.9. The van der Waals surface area contributed by atoms with E-state index in [1.807, 2.05) is 30.0 Å². The molecule has 1 aliphatic heterocycles. The summed E-state index contributed by atoms with van der Waals surface area (Å²) in [5, 5.41) is 0. The van der Waals surface area contributed by atoms with Crippen molar-refractivity contribution in [2.75, 3.05) is 24.3 Å². The number of ether oxygens (including phenoxy) is 2. The molecule has 0 bridgehead atoms. The van der Waals surface area contributed by atoms with Crippen LogP contribution >= 0.6 is 0 Å². The Kier molecular flexibility index (Phi) is 4.06. The van der Waals surface area contributed by atoms with Gasteiger partial charge in [-0.05, 0) is 25.0 Å². The van der Waals surface area contributed by atoms with Crippen LogP contribution in [0, 0.1) is 5.92 Å². The molecule has 0 radical (unpaired) electrons. The zero-order valence-corrected chi connectivity index (χ0v) is 12.4. The Labute approximate surface area is 119 Å². The molecule has 0 aliphatic carbocycles. The first kappa shape index (κ1) is 14.5. The monoisotopic (exact) mass is 278 g/mol. The normalized spacial score (nSPS) is 19.2. The third-order valence-electron chi connectivity index (χ3n) is 3.73. The first-order valence-electron chi connectivity index (χ1n) is 6.85. The maximum Gasteiger partial charge on any atom is 0.328 e. The first-order valence-corrected chi connectivity index (χ1v) is 6.85. The lowest BCUT2D eigenvalue weighted by atomic mass is 10.0. The molecular weight excluding hydrogens is 256 g/mol. The average molecular weight is 278 g/mol. The van der Waals surface area contributed by atoms with Crippen LogP contribution in [-0.2, 0) is 9.53 Å². The summed E-state index contributed by atoms with van der Waals surface area (Å²) in [6.07, 6.45) is 0.0245. The van der Waals surface area contributed by atoms with Crippen LogP contribution in [0.2, 0.25) is 0 Å². The van der Waals surface area contributed by atoms with Crippen molar-refractivity contribution >= 4 is 17.3 Å². The second-order valence-electron chi connectivity index (χ2n) is 5.45. The number of nitrogens with two attached hydrogens (primary N) is 1. The SMILES string of the molecule is COC(=O)C(C)N1CC(C(C)C)Oc2cccc(N)c21. The van der Waals surface area contributed by atoms with Crippen LogP contribution in [0.5, 0.6) is 5.75 Å². The molecular formula is C15H22N2O3. The van der Waals surface area contributed by atoms with Gasteiger partial charge in [-0.15, -0.1) is 0 Å². The highest BCUT2D eigenvalue weighted by molar-refractivity contribution is 5.84. The third-order valence-corrected chi connectivity index (χ3v) is 3.73. The van der Waals surface area contributed by atoms with Crippen molar-refractivity contribution in [1.29, 1.82) is 0 Å². The average Bonchev–Trinajstić information content (AvgIpc) is 2.44. The molecule has 20 heavy (non-hydrogen) atoms. The van der Waals surface area contributed by atoms with Gasteiger partial charge < -0.3 is 20.1 Å². The van der Waals surface area contributed by atoms with Gasteiger partial charge >= 0.3 is 5.97 Å². The van der Waals surface area contributed by atoms with Crippen molar-refractivity contribution in [3.8, 4) is 5.75 Å². The number of para-hydroxylation sites is 1. The lowest BCUT2D eigenvalue weighted by Crippen LogP contribution is -2.50. The molecule has 5 heteroatoms. The fourth-order valence-corrected chi connectivity index (χ4v) is 2.42. The van der Waals surface area contributed by atoms with Crippen molar-refractivity contribution < 1.29 is 14.3 Å². The van der Waals surface area contributed by atoms with Gasteiger partial charge in [-0.3, -0.25) is 0 Å². The minimum absolute atomic E-state index is 0.0245. The van der Waals surface area contributed by atoms with E-state index in [1.54, 1.807) is 0 Å². The fraction of sp³-hybridized carbons (Fsp3) is 0.533. The standard InChI is InChI=1S/C15H22N2O3/c1-9(2)13-8-17(10(3)15(18)19-4)14-11(16)6-5-7-12(14)20-13/h5-7,9-10,13H,8,16H2,1-4H3. The molecule has 5 nitrogen and oxygen atoms in total. The molecule has 0 spiro atoms. The highest BCUT2D eigenvalue weighted by Gasteiger charge is 2.34. The number of methoxy groups -OCH3 is 1. The molecule has 0 fully saturated rings. The Balaban J connectivity index is 2.42. The number of carbonyl (C=O) groups excluding carboxylic acids is 1. The summed E-state index contributed by atoms with van der Waals surface area (Å²) in [7, 11) is 1.40. The van der Waals surface area contributed by atoms with E-state index in [0.29, 0.717) is 18.2 Å². The van der Waals surface area contributed by atoms with E-state index in [4.69, 9.17) is 15.2 Å². The van der Waals surface area contributed by atoms with Crippen LogP contribution in [0.1, 0.15) is 20.8 Å². The summed E-state index contributed by atoms with van der Waals surface area (Å²) >= 11 is 0. The van der Waals surface area contributed by atoms with Crippen molar-refractivity contribution in [2.45, 2.75) is 32.9 Å².